The summed E-state index contributed by atoms with van der Waals surface area (Å²) in [6.45, 7) is 2.71. The Morgan fingerprint density at radius 1 is 1.11 bits per heavy atom. The topological polar surface area (TPSA) is 64.6 Å². The molecule has 0 radical (unpaired) electrons. The summed E-state index contributed by atoms with van der Waals surface area (Å²) in [6, 6.07) is 13.7. The molecule has 0 atom stereocenters. The number of halogens is 2. The first kappa shape index (κ1) is 20.2. The number of hydrogen-bond donors (Lipinski definition) is 3. The molecule has 3 rings (SSSR count). The van der Waals surface area contributed by atoms with Gasteiger partial charge in [0.15, 0.2) is 0 Å². The molecule has 7 heteroatoms. The second kappa shape index (κ2) is 9.57. The molecule has 1 aliphatic rings. The molecular weight excluding hydrogens is 474 g/mol. The Hall–Kier alpha value is -1.57. The summed E-state index contributed by atoms with van der Waals surface area (Å²) in [7, 11) is 0. The van der Waals surface area contributed by atoms with Gasteiger partial charge in [-0.1, -0.05) is 28.1 Å². The normalized spacial score (nSPS) is 14.9. The quantitative estimate of drug-likeness (QED) is 0.560. The molecule has 2 amide bonds. The van der Waals surface area contributed by atoms with Crippen molar-refractivity contribution in [2.45, 2.75) is 19.4 Å². The van der Waals surface area contributed by atoms with Crippen molar-refractivity contribution in [2.24, 2.45) is 5.92 Å². The van der Waals surface area contributed by atoms with Crippen LogP contribution in [0.3, 0.4) is 0 Å². The Bertz CT molecular complexity index is 775. The monoisotopic (exact) mass is 495 g/mol. The van der Waals surface area contributed by atoms with Crippen molar-refractivity contribution in [2.75, 3.05) is 29.9 Å². The minimum Gasteiger partial charge on any atom is -0.396 e. The van der Waals surface area contributed by atoms with E-state index in [9.17, 15) is 9.90 Å². The van der Waals surface area contributed by atoms with Crippen LogP contribution in [0.25, 0.3) is 0 Å². The zero-order valence-corrected chi connectivity index (χ0v) is 18.1. The molecule has 144 valence electrons. The maximum Gasteiger partial charge on any atom is 0.319 e. The van der Waals surface area contributed by atoms with Gasteiger partial charge in [0.1, 0.15) is 0 Å². The van der Waals surface area contributed by atoms with Crippen molar-refractivity contribution in [1.82, 2.24) is 5.32 Å². The lowest BCUT2D eigenvalue weighted by Crippen LogP contribution is -2.34. The highest BCUT2D eigenvalue weighted by molar-refractivity contribution is 9.11. The van der Waals surface area contributed by atoms with Crippen LogP contribution in [-0.4, -0.2) is 30.8 Å². The predicted octanol–water partition coefficient (Wildman–Crippen LogP) is 4.74. The van der Waals surface area contributed by atoms with Crippen molar-refractivity contribution >= 4 is 49.3 Å². The molecule has 0 aromatic heterocycles. The van der Waals surface area contributed by atoms with Gasteiger partial charge in [0, 0.05) is 40.9 Å². The first-order valence-corrected chi connectivity index (χ1v) is 10.6. The van der Waals surface area contributed by atoms with E-state index in [1.165, 1.54) is 5.69 Å². The molecular formula is C20H23Br2N3O2. The average molecular weight is 497 g/mol. The van der Waals surface area contributed by atoms with Crippen LogP contribution in [0.4, 0.5) is 16.2 Å². The second-order valence-corrected chi connectivity index (χ2v) is 8.48. The van der Waals surface area contributed by atoms with Crippen LogP contribution in [0.2, 0.25) is 0 Å². The fraction of sp³-hybridized carbons (Fsp3) is 0.350. The van der Waals surface area contributed by atoms with Gasteiger partial charge >= 0.3 is 6.03 Å². The van der Waals surface area contributed by atoms with Crippen LogP contribution in [0.5, 0.6) is 0 Å². The average Bonchev–Trinajstić information content (AvgIpc) is 2.70. The van der Waals surface area contributed by atoms with Gasteiger partial charge in [0.2, 0.25) is 0 Å². The molecule has 1 heterocycles. The number of aliphatic hydroxyl groups excluding tert-OH is 1. The minimum absolute atomic E-state index is 0.246. The molecule has 2 aromatic carbocycles. The molecule has 0 spiro atoms. The lowest BCUT2D eigenvalue weighted by Gasteiger charge is -2.33. The van der Waals surface area contributed by atoms with Gasteiger partial charge in [0.25, 0.3) is 0 Å². The van der Waals surface area contributed by atoms with Gasteiger partial charge < -0.3 is 20.6 Å². The highest BCUT2D eigenvalue weighted by Crippen LogP contribution is 2.26. The number of piperidine rings is 1. The van der Waals surface area contributed by atoms with E-state index in [-0.39, 0.29) is 12.6 Å². The van der Waals surface area contributed by atoms with Crippen molar-refractivity contribution < 1.29 is 9.90 Å². The fourth-order valence-electron chi connectivity index (χ4n) is 3.14. The first-order valence-electron chi connectivity index (χ1n) is 9.00. The number of rotatable bonds is 5. The molecule has 1 saturated heterocycles. The Kier molecular flexibility index (Phi) is 7.15. The number of anilines is 2. The smallest absolute Gasteiger partial charge is 0.319 e. The standard InChI is InChI=1S/C20H23Br2N3O2/c21-16-3-6-18(22)19(11-16)24-20(27)23-12-14-1-4-17(5-2-14)25-9-7-15(13-26)8-10-25/h1-6,11,15,26H,7-10,12-13H2,(H2,23,24,27). The van der Waals surface area contributed by atoms with Crippen LogP contribution in [0, 0.1) is 5.92 Å². The van der Waals surface area contributed by atoms with E-state index in [1.54, 1.807) is 0 Å². The summed E-state index contributed by atoms with van der Waals surface area (Å²) in [5, 5.41) is 15.0. The molecule has 27 heavy (non-hydrogen) atoms. The SMILES string of the molecule is O=C(NCc1ccc(N2CCC(CO)CC2)cc1)Nc1cc(Br)ccc1Br. The zero-order valence-electron chi connectivity index (χ0n) is 14.9. The van der Waals surface area contributed by atoms with E-state index >= 15 is 0 Å². The molecule has 3 N–H and O–H groups in total. The van der Waals surface area contributed by atoms with Gasteiger partial charge in [-0.3, -0.25) is 0 Å². The van der Waals surface area contributed by atoms with Crippen molar-refractivity contribution in [1.29, 1.82) is 0 Å². The Morgan fingerprint density at radius 2 is 1.81 bits per heavy atom. The number of nitrogens with one attached hydrogen (secondary N) is 2. The number of urea groups is 1. The van der Waals surface area contributed by atoms with E-state index < -0.39 is 0 Å². The second-order valence-electron chi connectivity index (χ2n) is 6.71. The number of nitrogens with zero attached hydrogens (tertiary/aromatic N) is 1. The Balaban J connectivity index is 1.50. The molecule has 1 aliphatic heterocycles. The predicted molar refractivity (Wildman–Crippen MR) is 116 cm³/mol. The van der Waals surface area contributed by atoms with Gasteiger partial charge in [-0.05, 0) is 70.6 Å². The van der Waals surface area contributed by atoms with Gasteiger partial charge in [0.05, 0.1) is 5.69 Å². The third kappa shape index (κ3) is 5.70. The Morgan fingerprint density at radius 3 is 2.48 bits per heavy atom. The van der Waals surface area contributed by atoms with E-state index in [4.69, 9.17) is 0 Å². The lowest BCUT2D eigenvalue weighted by atomic mass is 9.97. The maximum atomic E-state index is 12.1. The van der Waals surface area contributed by atoms with E-state index in [2.05, 4.69) is 59.5 Å². The number of carbonyl (C=O) groups excluding carboxylic acids is 1. The summed E-state index contributed by atoms with van der Waals surface area (Å²) >= 11 is 6.83. The van der Waals surface area contributed by atoms with Crippen molar-refractivity contribution in [3.05, 3.63) is 57.0 Å². The summed E-state index contributed by atoms with van der Waals surface area (Å²) in [6.07, 6.45) is 2.07. The van der Waals surface area contributed by atoms with Crippen LogP contribution in [0.15, 0.2) is 51.4 Å². The van der Waals surface area contributed by atoms with Gasteiger partial charge in [-0.25, -0.2) is 4.79 Å². The van der Waals surface area contributed by atoms with Crippen molar-refractivity contribution in [3.8, 4) is 0 Å². The molecule has 1 fully saturated rings. The van der Waals surface area contributed by atoms with E-state index in [0.717, 1.165) is 40.4 Å². The molecule has 0 saturated carbocycles. The number of carbonyl (C=O) groups is 1. The summed E-state index contributed by atoms with van der Waals surface area (Å²) in [5.41, 5.74) is 2.95. The third-order valence-corrected chi connectivity index (χ3v) is 5.99. The molecule has 0 unspecified atom stereocenters. The summed E-state index contributed by atoms with van der Waals surface area (Å²) < 4.78 is 1.73. The lowest BCUT2D eigenvalue weighted by molar-refractivity contribution is 0.203. The zero-order chi connectivity index (χ0) is 19.2. The molecule has 5 nitrogen and oxygen atoms in total. The summed E-state index contributed by atoms with van der Waals surface area (Å²) in [5.74, 6) is 0.438. The highest BCUT2D eigenvalue weighted by Gasteiger charge is 2.18. The van der Waals surface area contributed by atoms with Crippen LogP contribution < -0.4 is 15.5 Å². The van der Waals surface area contributed by atoms with E-state index in [1.807, 2.05) is 30.3 Å². The van der Waals surface area contributed by atoms with Crippen LogP contribution >= 0.6 is 31.9 Å². The third-order valence-electron chi connectivity index (χ3n) is 4.80. The van der Waals surface area contributed by atoms with Crippen LogP contribution in [0.1, 0.15) is 18.4 Å². The fourth-order valence-corrected chi connectivity index (χ4v) is 3.85. The largest absolute Gasteiger partial charge is 0.396 e. The molecule has 0 aliphatic carbocycles. The van der Waals surface area contributed by atoms with Crippen molar-refractivity contribution in [3.63, 3.8) is 0 Å². The number of benzene rings is 2. The number of aliphatic hydroxyl groups is 1. The summed E-state index contributed by atoms with van der Waals surface area (Å²) in [4.78, 5) is 14.5. The number of amides is 2. The molecule has 0 bridgehead atoms. The van der Waals surface area contributed by atoms with Gasteiger partial charge in [-0.2, -0.15) is 0 Å². The van der Waals surface area contributed by atoms with Gasteiger partial charge in [-0.15, -0.1) is 0 Å². The maximum absolute atomic E-state index is 12.1. The van der Waals surface area contributed by atoms with Crippen LogP contribution in [-0.2, 0) is 6.54 Å². The van der Waals surface area contributed by atoms with E-state index in [0.29, 0.717) is 18.2 Å². The highest BCUT2D eigenvalue weighted by atomic mass is 79.9. The minimum atomic E-state index is -0.246. The Labute approximate surface area is 176 Å². The first-order chi connectivity index (χ1) is 13.0. The molecule has 2 aromatic rings. The number of hydrogen-bond acceptors (Lipinski definition) is 3.